The molecule has 1 amide bonds. The summed E-state index contributed by atoms with van der Waals surface area (Å²) in [6.45, 7) is 6.05. The second-order valence-corrected chi connectivity index (χ2v) is 5.40. The van der Waals surface area contributed by atoms with Crippen LogP contribution < -0.4 is 0 Å². The molecule has 0 aromatic carbocycles. The van der Waals surface area contributed by atoms with Gasteiger partial charge in [-0.1, -0.05) is 13.8 Å². The van der Waals surface area contributed by atoms with Crippen LogP contribution in [0.5, 0.6) is 0 Å². The molecule has 17 heavy (non-hydrogen) atoms. The van der Waals surface area contributed by atoms with Crippen molar-refractivity contribution in [2.75, 3.05) is 27.2 Å². The molecule has 4 nitrogen and oxygen atoms in total. The maximum absolute atomic E-state index is 11.7. The number of rotatable bonds is 3. The van der Waals surface area contributed by atoms with E-state index in [-0.39, 0.29) is 12.3 Å². The molecule has 1 heterocycles. The van der Waals surface area contributed by atoms with Gasteiger partial charge in [-0.3, -0.25) is 4.79 Å². The maximum atomic E-state index is 11.7. The van der Waals surface area contributed by atoms with Crippen molar-refractivity contribution in [2.45, 2.75) is 32.7 Å². The highest BCUT2D eigenvalue weighted by molar-refractivity contribution is 5.78. The third kappa shape index (κ3) is 3.44. The first-order chi connectivity index (χ1) is 7.97. The SMILES string of the molecule is CC(C)[C@@H]1CCN(C(=O)CC#N)C[C@@H]1N(C)C. The highest BCUT2D eigenvalue weighted by Gasteiger charge is 2.33. The van der Waals surface area contributed by atoms with E-state index in [1.807, 2.05) is 11.0 Å². The molecule has 0 radical (unpaired) electrons. The molecule has 0 spiro atoms. The van der Waals surface area contributed by atoms with Crippen molar-refractivity contribution >= 4 is 5.91 Å². The van der Waals surface area contributed by atoms with E-state index in [1.165, 1.54) is 0 Å². The fourth-order valence-electron chi connectivity index (χ4n) is 2.68. The van der Waals surface area contributed by atoms with Gasteiger partial charge in [0.15, 0.2) is 0 Å². The number of nitriles is 1. The first kappa shape index (κ1) is 14.0. The Kier molecular flexibility index (Phi) is 4.95. The fourth-order valence-corrected chi connectivity index (χ4v) is 2.68. The summed E-state index contributed by atoms with van der Waals surface area (Å²) in [6, 6.07) is 2.35. The van der Waals surface area contributed by atoms with Gasteiger partial charge < -0.3 is 9.80 Å². The van der Waals surface area contributed by atoms with Gasteiger partial charge in [0.1, 0.15) is 6.42 Å². The Bertz CT molecular complexity index is 306. The van der Waals surface area contributed by atoms with E-state index < -0.39 is 0 Å². The molecule has 0 aromatic rings. The van der Waals surface area contributed by atoms with E-state index in [2.05, 4.69) is 32.8 Å². The van der Waals surface area contributed by atoms with Gasteiger partial charge in [-0.25, -0.2) is 0 Å². The Balaban J connectivity index is 2.69. The average Bonchev–Trinajstić information content (AvgIpc) is 2.28. The number of hydrogen-bond donors (Lipinski definition) is 0. The first-order valence-corrected chi connectivity index (χ1v) is 6.28. The second-order valence-electron chi connectivity index (χ2n) is 5.40. The number of likely N-dealkylation sites (tertiary alicyclic amines) is 1. The van der Waals surface area contributed by atoms with E-state index in [0.717, 1.165) is 19.5 Å². The highest BCUT2D eigenvalue weighted by atomic mass is 16.2. The van der Waals surface area contributed by atoms with Crippen LogP contribution >= 0.6 is 0 Å². The van der Waals surface area contributed by atoms with Gasteiger partial charge in [-0.05, 0) is 32.4 Å². The number of amides is 1. The number of carbonyl (C=O) groups excluding carboxylic acids is 1. The van der Waals surface area contributed by atoms with Crippen LogP contribution in [0.1, 0.15) is 26.7 Å². The summed E-state index contributed by atoms with van der Waals surface area (Å²) in [4.78, 5) is 15.8. The fraction of sp³-hybridized carbons (Fsp3) is 0.846. The van der Waals surface area contributed by atoms with Crippen molar-refractivity contribution in [3.05, 3.63) is 0 Å². The van der Waals surface area contributed by atoms with Gasteiger partial charge in [0.25, 0.3) is 0 Å². The monoisotopic (exact) mass is 237 g/mol. The molecule has 96 valence electrons. The quantitative estimate of drug-likeness (QED) is 0.744. The zero-order valence-corrected chi connectivity index (χ0v) is 11.3. The van der Waals surface area contributed by atoms with Gasteiger partial charge in [0.05, 0.1) is 6.07 Å². The summed E-state index contributed by atoms with van der Waals surface area (Å²) >= 11 is 0. The van der Waals surface area contributed by atoms with E-state index in [1.54, 1.807) is 0 Å². The molecule has 0 aliphatic carbocycles. The predicted molar refractivity (Wildman–Crippen MR) is 67.2 cm³/mol. The van der Waals surface area contributed by atoms with E-state index in [4.69, 9.17) is 5.26 Å². The van der Waals surface area contributed by atoms with Gasteiger partial charge in [-0.2, -0.15) is 5.26 Å². The Morgan fingerprint density at radius 3 is 2.65 bits per heavy atom. The van der Waals surface area contributed by atoms with E-state index in [0.29, 0.717) is 17.9 Å². The van der Waals surface area contributed by atoms with Crippen LogP contribution in [0.2, 0.25) is 0 Å². The van der Waals surface area contributed by atoms with Crippen LogP contribution in [0.25, 0.3) is 0 Å². The number of nitrogens with zero attached hydrogens (tertiary/aromatic N) is 3. The number of piperidine rings is 1. The van der Waals surface area contributed by atoms with Crippen LogP contribution in [0, 0.1) is 23.2 Å². The van der Waals surface area contributed by atoms with Crippen molar-refractivity contribution in [1.82, 2.24) is 9.80 Å². The lowest BCUT2D eigenvalue weighted by molar-refractivity contribution is -0.133. The van der Waals surface area contributed by atoms with Crippen molar-refractivity contribution in [3.8, 4) is 6.07 Å². The molecule has 0 N–H and O–H groups in total. The molecule has 1 fully saturated rings. The largest absolute Gasteiger partial charge is 0.340 e. The molecule has 4 heteroatoms. The number of carbonyl (C=O) groups is 1. The summed E-state index contributed by atoms with van der Waals surface area (Å²) in [6.07, 6.45) is 1.05. The van der Waals surface area contributed by atoms with Gasteiger partial charge in [-0.15, -0.1) is 0 Å². The van der Waals surface area contributed by atoms with Crippen LogP contribution in [0.3, 0.4) is 0 Å². The van der Waals surface area contributed by atoms with Gasteiger partial charge >= 0.3 is 0 Å². The Morgan fingerprint density at radius 2 is 2.18 bits per heavy atom. The lowest BCUT2D eigenvalue weighted by Crippen LogP contribution is -2.53. The van der Waals surface area contributed by atoms with Crippen molar-refractivity contribution in [3.63, 3.8) is 0 Å². The molecule has 1 rings (SSSR count). The standard InChI is InChI=1S/C13H23N3O/c1-10(2)11-6-8-16(13(17)5-7-14)9-12(11)15(3)4/h10-12H,5-6,8-9H2,1-4H3/t11-,12-/m0/s1. The third-order valence-corrected chi connectivity index (χ3v) is 3.74. The molecule has 1 aliphatic rings. The minimum Gasteiger partial charge on any atom is -0.340 e. The summed E-state index contributed by atoms with van der Waals surface area (Å²) < 4.78 is 0. The summed E-state index contributed by atoms with van der Waals surface area (Å²) in [7, 11) is 4.14. The lowest BCUT2D eigenvalue weighted by atomic mass is 9.82. The van der Waals surface area contributed by atoms with Crippen LogP contribution in [0.4, 0.5) is 0 Å². The van der Waals surface area contributed by atoms with E-state index >= 15 is 0 Å². The van der Waals surface area contributed by atoms with Crippen LogP contribution in [0.15, 0.2) is 0 Å². The third-order valence-electron chi connectivity index (χ3n) is 3.74. The molecule has 0 saturated carbocycles. The minimum atomic E-state index is -0.0263. The minimum absolute atomic E-state index is 0.00644. The molecular formula is C13H23N3O. The molecular weight excluding hydrogens is 214 g/mol. The summed E-state index contributed by atoms with van der Waals surface area (Å²) in [5.74, 6) is 1.24. The normalized spacial score (nSPS) is 25.1. The van der Waals surface area contributed by atoms with Crippen molar-refractivity contribution in [1.29, 1.82) is 5.26 Å². The lowest BCUT2D eigenvalue weighted by Gasteiger charge is -2.43. The van der Waals surface area contributed by atoms with Gasteiger partial charge in [0.2, 0.25) is 5.91 Å². The second kappa shape index (κ2) is 6.02. The zero-order valence-electron chi connectivity index (χ0n) is 11.3. The average molecular weight is 237 g/mol. The van der Waals surface area contributed by atoms with Crippen molar-refractivity contribution in [2.24, 2.45) is 11.8 Å². The summed E-state index contributed by atoms with van der Waals surface area (Å²) in [5, 5.41) is 8.57. The maximum Gasteiger partial charge on any atom is 0.236 e. The Hall–Kier alpha value is -1.08. The Morgan fingerprint density at radius 1 is 1.53 bits per heavy atom. The molecule has 0 unspecified atom stereocenters. The van der Waals surface area contributed by atoms with Crippen molar-refractivity contribution < 1.29 is 4.79 Å². The molecule has 2 atom stereocenters. The number of likely N-dealkylation sites (N-methyl/N-ethyl adjacent to an activating group) is 1. The van der Waals surface area contributed by atoms with Crippen LogP contribution in [-0.2, 0) is 4.79 Å². The highest BCUT2D eigenvalue weighted by Crippen LogP contribution is 2.27. The molecule has 0 aromatic heterocycles. The topological polar surface area (TPSA) is 47.3 Å². The molecule has 0 bridgehead atoms. The smallest absolute Gasteiger partial charge is 0.236 e. The first-order valence-electron chi connectivity index (χ1n) is 6.28. The Labute approximate surface area is 104 Å². The zero-order chi connectivity index (χ0) is 13.0. The predicted octanol–water partition coefficient (Wildman–Crippen LogP) is 1.33. The molecule has 1 aliphatic heterocycles. The molecule has 1 saturated heterocycles. The van der Waals surface area contributed by atoms with Gasteiger partial charge in [0, 0.05) is 19.1 Å². The summed E-state index contributed by atoms with van der Waals surface area (Å²) in [5.41, 5.74) is 0. The van der Waals surface area contributed by atoms with Crippen LogP contribution in [-0.4, -0.2) is 48.9 Å². The van der Waals surface area contributed by atoms with E-state index in [9.17, 15) is 4.79 Å². The number of hydrogen-bond acceptors (Lipinski definition) is 3.